The first kappa shape index (κ1) is 18.8. The van der Waals surface area contributed by atoms with Crippen LogP contribution in [0.1, 0.15) is 47.6 Å². The first-order valence-corrected chi connectivity index (χ1v) is 9.30. The average Bonchev–Trinajstić information content (AvgIpc) is 2.62. The van der Waals surface area contributed by atoms with E-state index in [0.717, 1.165) is 31.5 Å². The summed E-state index contributed by atoms with van der Waals surface area (Å²) < 4.78 is 5.14. The monoisotopic (exact) mass is 360 g/mol. The van der Waals surface area contributed by atoms with Crippen LogP contribution < -0.4 is 0 Å². The number of carbonyl (C=O) groups is 2. The molecule has 1 spiro atoms. The molecule has 0 radical (unpaired) electrons. The molecule has 0 saturated carbocycles. The van der Waals surface area contributed by atoms with Gasteiger partial charge in [0.1, 0.15) is 5.82 Å². The van der Waals surface area contributed by atoms with Crippen molar-refractivity contribution in [2.45, 2.75) is 39.5 Å². The number of aromatic nitrogens is 2. The van der Waals surface area contributed by atoms with E-state index >= 15 is 0 Å². The summed E-state index contributed by atoms with van der Waals surface area (Å²) in [5.41, 5.74) is 1.30. The van der Waals surface area contributed by atoms with E-state index in [0.29, 0.717) is 44.0 Å². The smallest absolute Gasteiger partial charge is 0.257 e. The third kappa shape index (κ3) is 3.87. The quantitative estimate of drug-likeness (QED) is 0.815. The van der Waals surface area contributed by atoms with Gasteiger partial charge in [0.25, 0.3) is 5.91 Å². The van der Waals surface area contributed by atoms with Gasteiger partial charge in [0, 0.05) is 51.3 Å². The summed E-state index contributed by atoms with van der Waals surface area (Å²) in [5, 5.41) is 0. The molecule has 1 atom stereocenters. The van der Waals surface area contributed by atoms with Gasteiger partial charge < -0.3 is 14.5 Å². The van der Waals surface area contributed by atoms with Gasteiger partial charge in [-0.2, -0.15) is 0 Å². The Balaban J connectivity index is 1.74. The molecule has 7 heteroatoms. The lowest BCUT2D eigenvalue weighted by molar-refractivity contribution is -0.139. The van der Waals surface area contributed by atoms with Gasteiger partial charge in [-0.15, -0.1) is 0 Å². The predicted molar refractivity (Wildman–Crippen MR) is 96.8 cm³/mol. The SMILES string of the molecule is COCCN1CC2(CCCN(C(=O)c3cnc(C)nc3C)C2)CCC1=O. The molecule has 2 aliphatic rings. The van der Waals surface area contributed by atoms with Crippen LogP contribution in [0.2, 0.25) is 0 Å². The molecular weight excluding hydrogens is 332 g/mol. The molecule has 0 aromatic carbocycles. The summed E-state index contributed by atoms with van der Waals surface area (Å²) in [6, 6.07) is 0. The van der Waals surface area contributed by atoms with Crippen molar-refractivity contribution < 1.29 is 14.3 Å². The summed E-state index contributed by atoms with van der Waals surface area (Å²) >= 11 is 0. The fourth-order valence-electron chi connectivity index (χ4n) is 4.19. The summed E-state index contributed by atoms with van der Waals surface area (Å²) in [7, 11) is 1.65. The van der Waals surface area contributed by atoms with E-state index in [1.165, 1.54) is 0 Å². The number of ether oxygens (including phenoxy) is 1. The van der Waals surface area contributed by atoms with Gasteiger partial charge in [0.2, 0.25) is 5.91 Å². The van der Waals surface area contributed by atoms with Crippen molar-refractivity contribution in [3.63, 3.8) is 0 Å². The first-order valence-electron chi connectivity index (χ1n) is 9.30. The molecule has 0 N–H and O–H groups in total. The molecular formula is C19H28N4O3. The predicted octanol–water partition coefficient (Wildman–Crippen LogP) is 1.58. The zero-order valence-electron chi connectivity index (χ0n) is 16.0. The number of likely N-dealkylation sites (tertiary alicyclic amines) is 2. The Hall–Kier alpha value is -2.02. The van der Waals surface area contributed by atoms with Crippen LogP contribution in [0.3, 0.4) is 0 Å². The fourth-order valence-corrected chi connectivity index (χ4v) is 4.19. The van der Waals surface area contributed by atoms with E-state index in [1.54, 1.807) is 13.3 Å². The highest BCUT2D eigenvalue weighted by Crippen LogP contribution is 2.39. The van der Waals surface area contributed by atoms with Gasteiger partial charge in [-0.3, -0.25) is 9.59 Å². The number of piperidine rings is 2. The van der Waals surface area contributed by atoms with Crippen LogP contribution in [0, 0.1) is 19.3 Å². The van der Waals surface area contributed by atoms with Crippen molar-refractivity contribution in [3.05, 3.63) is 23.3 Å². The van der Waals surface area contributed by atoms with Crippen LogP contribution >= 0.6 is 0 Å². The minimum absolute atomic E-state index is 0.00177. The normalized spacial score (nSPS) is 23.6. The van der Waals surface area contributed by atoms with Gasteiger partial charge in [-0.25, -0.2) is 9.97 Å². The molecule has 0 bridgehead atoms. The number of aryl methyl sites for hydroxylation is 2. The van der Waals surface area contributed by atoms with Crippen LogP contribution in [-0.2, 0) is 9.53 Å². The first-order chi connectivity index (χ1) is 12.4. The number of nitrogens with zero attached hydrogens (tertiary/aromatic N) is 4. The molecule has 26 heavy (non-hydrogen) atoms. The molecule has 1 aromatic rings. The van der Waals surface area contributed by atoms with Gasteiger partial charge in [-0.05, 0) is 33.1 Å². The molecule has 1 aromatic heterocycles. The molecule has 2 amide bonds. The van der Waals surface area contributed by atoms with Gasteiger partial charge in [-0.1, -0.05) is 0 Å². The highest BCUT2D eigenvalue weighted by atomic mass is 16.5. The summed E-state index contributed by atoms with van der Waals surface area (Å²) in [5.74, 6) is 0.870. The summed E-state index contributed by atoms with van der Waals surface area (Å²) in [6.07, 6.45) is 5.05. The van der Waals surface area contributed by atoms with Crippen LogP contribution in [0.5, 0.6) is 0 Å². The Labute approximate surface area is 154 Å². The molecule has 7 nitrogen and oxygen atoms in total. The fraction of sp³-hybridized carbons (Fsp3) is 0.684. The molecule has 142 valence electrons. The second-order valence-corrected chi connectivity index (χ2v) is 7.55. The van der Waals surface area contributed by atoms with Crippen LogP contribution in [0.15, 0.2) is 6.20 Å². The van der Waals surface area contributed by atoms with Crippen molar-refractivity contribution >= 4 is 11.8 Å². The van der Waals surface area contributed by atoms with Gasteiger partial charge in [0.15, 0.2) is 0 Å². The van der Waals surface area contributed by atoms with Crippen molar-refractivity contribution in [2.75, 3.05) is 39.9 Å². The van der Waals surface area contributed by atoms with E-state index in [2.05, 4.69) is 9.97 Å². The topological polar surface area (TPSA) is 75.6 Å². The lowest BCUT2D eigenvalue weighted by atomic mass is 9.73. The van der Waals surface area contributed by atoms with Crippen LogP contribution in [0.4, 0.5) is 0 Å². The van der Waals surface area contributed by atoms with Gasteiger partial charge >= 0.3 is 0 Å². The Kier molecular flexibility index (Phi) is 5.55. The van der Waals surface area contributed by atoms with E-state index < -0.39 is 0 Å². The Morgan fingerprint density at radius 1 is 1.31 bits per heavy atom. The van der Waals surface area contributed by atoms with Gasteiger partial charge in [0.05, 0.1) is 17.9 Å². The molecule has 3 heterocycles. The number of amides is 2. The number of hydrogen-bond acceptors (Lipinski definition) is 5. The van der Waals surface area contributed by atoms with Crippen LogP contribution in [0.25, 0.3) is 0 Å². The zero-order chi connectivity index (χ0) is 18.7. The lowest BCUT2D eigenvalue weighted by Gasteiger charge is -2.48. The number of hydrogen-bond donors (Lipinski definition) is 0. The van der Waals surface area contributed by atoms with Crippen molar-refractivity contribution in [2.24, 2.45) is 5.41 Å². The molecule has 3 rings (SSSR count). The average molecular weight is 360 g/mol. The Morgan fingerprint density at radius 3 is 2.85 bits per heavy atom. The second-order valence-electron chi connectivity index (χ2n) is 7.55. The van der Waals surface area contributed by atoms with Crippen molar-refractivity contribution in [1.29, 1.82) is 0 Å². The zero-order valence-corrected chi connectivity index (χ0v) is 16.0. The minimum Gasteiger partial charge on any atom is -0.383 e. The Morgan fingerprint density at radius 2 is 2.12 bits per heavy atom. The van der Waals surface area contributed by atoms with Crippen LogP contribution in [-0.4, -0.2) is 71.5 Å². The van der Waals surface area contributed by atoms with E-state index in [4.69, 9.17) is 4.74 Å². The maximum absolute atomic E-state index is 13.0. The molecule has 2 fully saturated rings. The maximum Gasteiger partial charge on any atom is 0.257 e. The number of carbonyl (C=O) groups excluding carboxylic acids is 2. The third-order valence-corrected chi connectivity index (χ3v) is 5.59. The summed E-state index contributed by atoms with van der Waals surface area (Å²) in [4.78, 5) is 37.6. The van der Waals surface area contributed by atoms with Crippen molar-refractivity contribution in [1.82, 2.24) is 19.8 Å². The van der Waals surface area contributed by atoms with E-state index in [-0.39, 0.29) is 17.2 Å². The third-order valence-electron chi connectivity index (χ3n) is 5.59. The lowest BCUT2D eigenvalue weighted by Crippen LogP contribution is -2.55. The highest BCUT2D eigenvalue weighted by molar-refractivity contribution is 5.95. The minimum atomic E-state index is -0.00494. The number of methoxy groups -OCH3 is 1. The number of rotatable bonds is 4. The standard InChI is InChI=1S/C19H28N4O3/c1-14-16(11-20-15(2)21-14)18(25)23-8-4-6-19(13-23)7-5-17(24)22(12-19)9-10-26-3/h11H,4-10,12-13H2,1-3H3. The largest absolute Gasteiger partial charge is 0.383 e. The van der Waals surface area contributed by atoms with Crippen molar-refractivity contribution in [3.8, 4) is 0 Å². The Bertz CT molecular complexity index is 693. The second kappa shape index (κ2) is 7.70. The maximum atomic E-state index is 13.0. The van der Waals surface area contributed by atoms with E-state index in [9.17, 15) is 9.59 Å². The summed E-state index contributed by atoms with van der Waals surface area (Å²) in [6.45, 7) is 7.00. The van der Waals surface area contributed by atoms with E-state index in [1.807, 2.05) is 23.6 Å². The molecule has 1 unspecified atom stereocenters. The molecule has 2 aliphatic heterocycles. The molecule has 2 saturated heterocycles. The highest BCUT2D eigenvalue weighted by Gasteiger charge is 2.42. The molecule has 0 aliphatic carbocycles.